The zero-order valence-electron chi connectivity index (χ0n) is 52.7. The Bertz CT molecular complexity index is 2010. The molecular formula is C74H115NO8. The molecule has 0 radical (unpaired) electrons. The predicted octanol–water partition coefficient (Wildman–Crippen LogP) is 18.3. The van der Waals surface area contributed by atoms with Gasteiger partial charge in [0.1, 0.15) is 13.2 Å². The van der Waals surface area contributed by atoms with Crippen molar-refractivity contribution in [1.29, 1.82) is 0 Å². The molecule has 0 aliphatic carbocycles. The van der Waals surface area contributed by atoms with Crippen molar-refractivity contribution in [2.75, 3.05) is 47.5 Å². The average molecular weight is 1150 g/mol. The van der Waals surface area contributed by atoms with Gasteiger partial charge in [-0.15, -0.1) is 0 Å². The van der Waals surface area contributed by atoms with Crippen molar-refractivity contribution in [3.05, 3.63) is 182 Å². The fourth-order valence-electron chi connectivity index (χ4n) is 7.82. The Kier molecular flexibility index (Phi) is 58.2. The summed E-state index contributed by atoms with van der Waals surface area (Å²) in [6, 6.07) is 0. The van der Waals surface area contributed by atoms with Gasteiger partial charge in [-0.1, -0.05) is 241 Å². The molecule has 2 unspecified atom stereocenters. The number of carbonyl (C=O) groups is 3. The first-order chi connectivity index (χ1) is 40.6. The molecule has 0 spiro atoms. The maximum absolute atomic E-state index is 12.9. The van der Waals surface area contributed by atoms with Crippen LogP contribution < -0.4 is 5.11 Å². The zero-order chi connectivity index (χ0) is 60.5. The fraction of sp³-hybridized carbons (Fsp3) is 0.554. The molecule has 0 saturated heterocycles. The van der Waals surface area contributed by atoms with Gasteiger partial charge in [-0.25, -0.2) is 0 Å². The molecule has 0 amide bonds. The molecule has 9 heteroatoms. The SMILES string of the molecule is CC/C=C\C/C=C\C/C=C\C/C=C\C/C=C\C/C=C\C/C=C\C/C=C\C/C=C\C/C=C\CCCCC(=O)OC(COC(=O)CCCCCCCCCCC/C=C\C/C=C\C/C=C\C/C=C\C/C=C\CC)COC(OCC[N+](C)(C)C)C(=O)[O-]. The molecule has 0 saturated carbocycles. The standard InChI is InChI=1S/C74H115NO8/c1-6-8-10-12-14-16-18-20-22-24-26-28-30-32-33-34-35-36-37-38-39-41-43-45-47-49-51-53-55-57-59-61-63-65-72(77)83-70(69-82-74(73(78)79)80-67-66-75(3,4)5)68-81-71(76)64-62-60-58-56-54-52-50-48-46-44-42-40-31-29-27-25-23-21-19-17-15-13-11-9-7-2/h8-11,14-17,20-23,26-29,32-33,35-36,38-40,42-43,45,49,51,55,57,70,74H,6-7,12-13,18-19,24-25,30-31,34,37,41,44,46-48,50,52-54,56,58-69H2,1-5H3/b10-8-,11-9-,16-14-,17-15-,22-20-,23-21-,28-26-,29-27-,33-32-,36-35-,39-38-,42-40-,45-43-,51-49-,57-55-. The van der Waals surface area contributed by atoms with Gasteiger partial charge in [0.15, 0.2) is 12.4 Å². The van der Waals surface area contributed by atoms with Crippen molar-refractivity contribution >= 4 is 17.9 Å². The van der Waals surface area contributed by atoms with Crippen LogP contribution >= 0.6 is 0 Å². The van der Waals surface area contributed by atoms with Crippen LogP contribution in [0.25, 0.3) is 0 Å². The van der Waals surface area contributed by atoms with E-state index in [0.29, 0.717) is 23.9 Å². The highest BCUT2D eigenvalue weighted by molar-refractivity contribution is 5.70. The zero-order valence-corrected chi connectivity index (χ0v) is 52.7. The summed E-state index contributed by atoms with van der Waals surface area (Å²) in [6.07, 6.45) is 92.4. The number of unbranched alkanes of at least 4 members (excludes halogenated alkanes) is 11. The number of esters is 2. The van der Waals surface area contributed by atoms with Crippen molar-refractivity contribution in [3.8, 4) is 0 Å². The molecule has 0 fully saturated rings. The van der Waals surface area contributed by atoms with Crippen LogP contribution in [0.1, 0.15) is 206 Å². The Balaban J connectivity index is 4.36. The predicted molar refractivity (Wildman–Crippen MR) is 351 cm³/mol. The summed E-state index contributed by atoms with van der Waals surface area (Å²) >= 11 is 0. The lowest BCUT2D eigenvalue weighted by Crippen LogP contribution is -2.44. The lowest BCUT2D eigenvalue weighted by Gasteiger charge is -2.26. The van der Waals surface area contributed by atoms with Crippen molar-refractivity contribution in [2.24, 2.45) is 0 Å². The smallest absolute Gasteiger partial charge is 0.306 e. The second-order valence-electron chi connectivity index (χ2n) is 21.6. The lowest BCUT2D eigenvalue weighted by atomic mass is 10.1. The van der Waals surface area contributed by atoms with Gasteiger partial charge in [0, 0.05) is 12.8 Å². The van der Waals surface area contributed by atoms with Crippen LogP contribution in [0.4, 0.5) is 0 Å². The summed E-state index contributed by atoms with van der Waals surface area (Å²) in [5.41, 5.74) is 0. The molecule has 0 N–H and O–H groups in total. The molecule has 0 aromatic heterocycles. The summed E-state index contributed by atoms with van der Waals surface area (Å²) in [7, 11) is 5.89. The van der Waals surface area contributed by atoms with Gasteiger partial charge in [-0.2, -0.15) is 0 Å². The first-order valence-electron chi connectivity index (χ1n) is 31.9. The summed E-state index contributed by atoms with van der Waals surface area (Å²) in [4.78, 5) is 37.4. The minimum atomic E-state index is -1.65. The third-order valence-corrected chi connectivity index (χ3v) is 12.6. The molecule has 0 rings (SSSR count). The molecule has 9 nitrogen and oxygen atoms in total. The number of rotatable bonds is 56. The summed E-state index contributed by atoms with van der Waals surface area (Å²) in [5.74, 6) is -2.38. The topological polar surface area (TPSA) is 111 Å². The van der Waals surface area contributed by atoms with E-state index in [1.54, 1.807) is 0 Å². The van der Waals surface area contributed by atoms with Gasteiger partial charge >= 0.3 is 11.9 Å². The second kappa shape index (κ2) is 62.4. The molecular weight excluding hydrogens is 1030 g/mol. The first-order valence-corrected chi connectivity index (χ1v) is 31.9. The number of ether oxygens (including phenoxy) is 4. The van der Waals surface area contributed by atoms with Gasteiger partial charge in [0.25, 0.3) is 0 Å². The van der Waals surface area contributed by atoms with Gasteiger partial charge in [-0.05, 0) is 135 Å². The van der Waals surface area contributed by atoms with E-state index in [4.69, 9.17) is 18.9 Å². The highest BCUT2D eigenvalue weighted by Crippen LogP contribution is 2.14. The third-order valence-electron chi connectivity index (χ3n) is 12.6. The van der Waals surface area contributed by atoms with Crippen LogP contribution in [-0.2, 0) is 33.3 Å². The van der Waals surface area contributed by atoms with Crippen molar-refractivity contribution in [3.63, 3.8) is 0 Å². The Hall–Kier alpha value is -5.61. The number of hydrogen-bond acceptors (Lipinski definition) is 8. The van der Waals surface area contributed by atoms with E-state index in [1.165, 1.54) is 32.1 Å². The normalized spacial score (nSPS) is 14.0. The molecule has 83 heavy (non-hydrogen) atoms. The second-order valence-corrected chi connectivity index (χ2v) is 21.6. The van der Waals surface area contributed by atoms with Crippen molar-refractivity contribution in [1.82, 2.24) is 0 Å². The van der Waals surface area contributed by atoms with Gasteiger partial charge in [-0.3, -0.25) is 9.59 Å². The largest absolute Gasteiger partial charge is 0.545 e. The number of likely N-dealkylation sites (N-methyl/N-ethyl adjacent to an activating group) is 1. The number of carboxylic acid groups (broad SMARTS) is 1. The van der Waals surface area contributed by atoms with Gasteiger partial charge < -0.3 is 33.3 Å². The maximum Gasteiger partial charge on any atom is 0.306 e. The molecule has 0 aromatic rings. The summed E-state index contributed by atoms with van der Waals surface area (Å²) in [5, 5.41) is 11.8. The van der Waals surface area contributed by atoms with E-state index in [2.05, 4.69) is 196 Å². The monoisotopic (exact) mass is 1150 g/mol. The number of carbonyl (C=O) groups excluding carboxylic acids is 3. The number of quaternary nitrogens is 1. The van der Waals surface area contributed by atoms with E-state index in [1.807, 2.05) is 21.1 Å². The number of hydrogen-bond donors (Lipinski definition) is 0. The van der Waals surface area contributed by atoms with Crippen molar-refractivity contribution in [2.45, 2.75) is 219 Å². The molecule has 464 valence electrons. The average Bonchev–Trinajstić information content (AvgIpc) is 3.46. The number of carboxylic acids is 1. The number of allylic oxidation sites excluding steroid dienone is 30. The van der Waals surface area contributed by atoms with Crippen LogP contribution in [0.3, 0.4) is 0 Å². The van der Waals surface area contributed by atoms with Crippen LogP contribution in [-0.4, -0.2) is 82.3 Å². The van der Waals surface area contributed by atoms with E-state index >= 15 is 0 Å². The number of nitrogens with zero attached hydrogens (tertiary/aromatic N) is 1. The molecule has 0 bridgehead atoms. The Labute approximate surface area is 507 Å². The highest BCUT2D eigenvalue weighted by Gasteiger charge is 2.22. The molecule has 0 aromatic carbocycles. The van der Waals surface area contributed by atoms with Crippen LogP contribution in [0.2, 0.25) is 0 Å². The van der Waals surface area contributed by atoms with E-state index < -0.39 is 24.3 Å². The molecule has 0 aliphatic heterocycles. The minimum Gasteiger partial charge on any atom is -0.545 e. The molecule has 2 atom stereocenters. The number of aliphatic carboxylic acids is 1. The first kappa shape index (κ1) is 77.4. The van der Waals surface area contributed by atoms with Crippen LogP contribution in [0.5, 0.6) is 0 Å². The molecule has 0 aliphatic rings. The Morgan fingerprint density at radius 2 is 0.651 bits per heavy atom. The Morgan fingerprint density at radius 1 is 0.361 bits per heavy atom. The van der Waals surface area contributed by atoms with Gasteiger partial charge in [0.05, 0.1) is 40.3 Å². The van der Waals surface area contributed by atoms with Crippen molar-refractivity contribution < 1.29 is 42.9 Å². The van der Waals surface area contributed by atoms with E-state index in [-0.39, 0.29) is 38.6 Å². The summed E-state index contributed by atoms with van der Waals surface area (Å²) in [6.45, 7) is 4.43. The van der Waals surface area contributed by atoms with Gasteiger partial charge in [0.2, 0.25) is 0 Å². The highest BCUT2D eigenvalue weighted by atomic mass is 16.7. The van der Waals surface area contributed by atoms with Crippen LogP contribution in [0.15, 0.2) is 182 Å². The minimum absolute atomic E-state index is 0.127. The van der Waals surface area contributed by atoms with E-state index in [9.17, 15) is 19.5 Å². The quantitative estimate of drug-likeness (QED) is 0.0195. The van der Waals surface area contributed by atoms with Crippen LogP contribution in [0, 0.1) is 0 Å². The third kappa shape index (κ3) is 63.8. The lowest BCUT2D eigenvalue weighted by molar-refractivity contribution is -0.870. The molecule has 0 heterocycles. The van der Waals surface area contributed by atoms with E-state index in [0.717, 1.165) is 135 Å². The maximum atomic E-state index is 12.9. The summed E-state index contributed by atoms with van der Waals surface area (Å²) < 4.78 is 22.7. The fourth-order valence-corrected chi connectivity index (χ4v) is 7.82. The Morgan fingerprint density at radius 3 is 0.988 bits per heavy atom.